The summed E-state index contributed by atoms with van der Waals surface area (Å²) in [6, 6.07) is 32.0. The van der Waals surface area contributed by atoms with Crippen LogP contribution in [0.5, 0.6) is 0 Å². The number of carbonyl (C=O) groups is 3. The summed E-state index contributed by atoms with van der Waals surface area (Å²) in [4.78, 5) is 36.0. The second-order valence-electron chi connectivity index (χ2n) is 12.7. The highest BCUT2D eigenvalue weighted by Gasteiger charge is 2.32. The lowest BCUT2D eigenvalue weighted by Crippen LogP contribution is -2.31. The molecule has 1 saturated heterocycles. The molecule has 51 heavy (non-hydrogen) atoms. The summed E-state index contributed by atoms with van der Waals surface area (Å²) in [5.74, 6) is 0.603. The van der Waals surface area contributed by atoms with Crippen LogP contribution in [-0.2, 0) is 37.0 Å². The molecular formula is C41H47N3O6S. The zero-order valence-electron chi connectivity index (χ0n) is 29.2. The standard InChI is InChI=1S/C41H47N3O6S/c1-28(46)42-23-7-3-4-10-40(48)43-25-34-8-5-6-9-38(34)31-15-17-33(18-16-31)41-49-36(24-39(50-41)32-13-11-30(26-45)12-14-32)27-51-37-21-19-35(20-22-37)44-29(2)47/h5-6,8-9,11-22,36,39,41,45H,3-4,7,10,23-27H2,1-2H3,(H,42,46)(H,43,48)(H,44,47)/t36-,39+,41+/m0/s1. The third kappa shape index (κ3) is 11.8. The number of benzene rings is 4. The molecule has 0 radical (unpaired) electrons. The van der Waals surface area contributed by atoms with Gasteiger partial charge in [-0.15, -0.1) is 11.8 Å². The molecule has 0 spiro atoms. The van der Waals surface area contributed by atoms with Gasteiger partial charge in [0.05, 0.1) is 18.8 Å². The molecule has 4 aromatic rings. The van der Waals surface area contributed by atoms with E-state index in [4.69, 9.17) is 9.47 Å². The molecule has 3 amide bonds. The molecule has 3 atom stereocenters. The number of aliphatic hydroxyl groups is 1. The predicted molar refractivity (Wildman–Crippen MR) is 201 cm³/mol. The molecule has 9 nitrogen and oxygen atoms in total. The van der Waals surface area contributed by atoms with Crippen molar-refractivity contribution >= 4 is 35.2 Å². The van der Waals surface area contributed by atoms with E-state index in [2.05, 4.69) is 34.1 Å². The molecule has 0 aliphatic carbocycles. The Kier molecular flexibility index (Phi) is 14.2. The number of amides is 3. The quantitative estimate of drug-likeness (QED) is 0.0703. The summed E-state index contributed by atoms with van der Waals surface area (Å²) in [7, 11) is 0. The Hall–Kier alpha value is -4.48. The minimum Gasteiger partial charge on any atom is -0.392 e. The van der Waals surface area contributed by atoms with Crippen LogP contribution in [0.1, 0.15) is 80.6 Å². The first-order valence-electron chi connectivity index (χ1n) is 17.5. The molecule has 0 aromatic heterocycles. The lowest BCUT2D eigenvalue weighted by molar-refractivity contribution is -0.245. The van der Waals surface area contributed by atoms with Crippen LogP contribution in [0.3, 0.4) is 0 Å². The summed E-state index contributed by atoms with van der Waals surface area (Å²) < 4.78 is 13.1. The van der Waals surface area contributed by atoms with Gasteiger partial charge in [-0.1, -0.05) is 79.2 Å². The average molecular weight is 710 g/mol. The van der Waals surface area contributed by atoms with E-state index in [0.29, 0.717) is 25.9 Å². The van der Waals surface area contributed by atoms with E-state index >= 15 is 0 Å². The van der Waals surface area contributed by atoms with Gasteiger partial charge in [-0.2, -0.15) is 0 Å². The minimum absolute atomic E-state index is 0.0124. The molecule has 1 aliphatic rings. The second kappa shape index (κ2) is 19.2. The summed E-state index contributed by atoms with van der Waals surface area (Å²) >= 11 is 1.70. The largest absolute Gasteiger partial charge is 0.392 e. The fourth-order valence-corrected chi connectivity index (χ4v) is 6.88. The summed E-state index contributed by atoms with van der Waals surface area (Å²) in [6.45, 7) is 4.06. The van der Waals surface area contributed by atoms with Crippen LogP contribution in [0.2, 0.25) is 0 Å². The number of rotatable bonds is 16. The van der Waals surface area contributed by atoms with Gasteiger partial charge < -0.3 is 30.5 Å². The molecule has 0 bridgehead atoms. The monoisotopic (exact) mass is 709 g/mol. The fourth-order valence-electron chi connectivity index (χ4n) is 5.96. The van der Waals surface area contributed by atoms with Crippen LogP contribution in [0.25, 0.3) is 11.1 Å². The van der Waals surface area contributed by atoms with Crippen LogP contribution in [-0.4, -0.2) is 41.2 Å². The van der Waals surface area contributed by atoms with Gasteiger partial charge in [-0.05, 0) is 64.9 Å². The van der Waals surface area contributed by atoms with Crippen molar-refractivity contribution in [2.75, 3.05) is 17.6 Å². The Bertz CT molecular complexity index is 1730. The number of hydrogen-bond donors (Lipinski definition) is 4. The Morgan fingerprint density at radius 2 is 1.51 bits per heavy atom. The van der Waals surface area contributed by atoms with Crippen LogP contribution in [0.4, 0.5) is 5.69 Å². The van der Waals surface area contributed by atoms with Crippen LogP contribution >= 0.6 is 11.8 Å². The first-order valence-corrected chi connectivity index (χ1v) is 18.5. The number of nitrogens with one attached hydrogen (secondary N) is 3. The van der Waals surface area contributed by atoms with Gasteiger partial charge in [0, 0.05) is 61.7 Å². The van der Waals surface area contributed by atoms with E-state index in [1.54, 1.807) is 11.8 Å². The zero-order valence-corrected chi connectivity index (χ0v) is 30.0. The van der Waals surface area contributed by atoms with Crippen molar-refractivity contribution in [2.24, 2.45) is 0 Å². The third-order valence-corrected chi connectivity index (χ3v) is 9.81. The van der Waals surface area contributed by atoms with Crippen molar-refractivity contribution in [2.45, 2.75) is 82.5 Å². The topological polar surface area (TPSA) is 126 Å². The van der Waals surface area contributed by atoms with Gasteiger partial charge in [0.2, 0.25) is 17.7 Å². The third-order valence-electron chi connectivity index (χ3n) is 8.67. The molecule has 268 valence electrons. The summed E-state index contributed by atoms with van der Waals surface area (Å²) in [5, 5.41) is 18.2. The van der Waals surface area contributed by atoms with Crippen molar-refractivity contribution in [1.82, 2.24) is 10.6 Å². The molecule has 5 rings (SSSR count). The van der Waals surface area contributed by atoms with Gasteiger partial charge in [-0.3, -0.25) is 14.4 Å². The normalized spacial score (nSPS) is 17.0. The Morgan fingerprint density at radius 3 is 2.22 bits per heavy atom. The van der Waals surface area contributed by atoms with Gasteiger partial charge in [0.25, 0.3) is 0 Å². The number of ether oxygens (including phenoxy) is 2. The molecule has 0 unspecified atom stereocenters. The van der Waals surface area contributed by atoms with E-state index in [1.165, 1.54) is 13.8 Å². The highest BCUT2D eigenvalue weighted by molar-refractivity contribution is 7.99. The van der Waals surface area contributed by atoms with Crippen molar-refractivity contribution in [1.29, 1.82) is 0 Å². The maximum absolute atomic E-state index is 12.6. The van der Waals surface area contributed by atoms with Crippen LogP contribution in [0.15, 0.2) is 102 Å². The van der Waals surface area contributed by atoms with E-state index in [1.807, 2.05) is 78.9 Å². The Balaban J connectivity index is 1.23. The number of thioether (sulfide) groups is 1. The number of unbranched alkanes of at least 4 members (excludes halogenated alkanes) is 2. The molecule has 0 saturated carbocycles. The molecule has 1 aliphatic heterocycles. The Morgan fingerprint density at radius 1 is 0.784 bits per heavy atom. The summed E-state index contributed by atoms with van der Waals surface area (Å²) in [5.41, 5.74) is 6.67. The Labute approximate surface area is 304 Å². The SMILES string of the molecule is CC(=O)NCCCCCC(=O)NCc1ccccc1-c1ccc([C@@H]2O[C@H](CSc3ccc(NC(C)=O)cc3)C[C@H](c3ccc(CO)cc3)O2)cc1. The number of aliphatic hydroxyl groups excluding tert-OH is 1. The van der Waals surface area contributed by atoms with Crippen molar-refractivity contribution in [3.05, 3.63) is 119 Å². The molecule has 4 N–H and O–H groups in total. The van der Waals surface area contributed by atoms with E-state index < -0.39 is 6.29 Å². The molecule has 1 fully saturated rings. The van der Waals surface area contributed by atoms with Gasteiger partial charge in [-0.25, -0.2) is 0 Å². The lowest BCUT2D eigenvalue weighted by Gasteiger charge is -2.36. The first kappa shape index (κ1) is 37.8. The maximum Gasteiger partial charge on any atom is 0.221 e. The van der Waals surface area contributed by atoms with Crippen molar-refractivity contribution in [3.63, 3.8) is 0 Å². The predicted octanol–water partition coefficient (Wildman–Crippen LogP) is 7.45. The number of hydrogen-bond acceptors (Lipinski definition) is 7. The summed E-state index contributed by atoms with van der Waals surface area (Å²) in [6.07, 6.45) is 2.80. The van der Waals surface area contributed by atoms with Crippen LogP contribution in [0, 0.1) is 0 Å². The number of anilines is 1. The van der Waals surface area contributed by atoms with Gasteiger partial charge >= 0.3 is 0 Å². The van der Waals surface area contributed by atoms with Crippen molar-refractivity contribution < 1.29 is 29.0 Å². The first-order chi connectivity index (χ1) is 24.8. The highest BCUT2D eigenvalue weighted by Crippen LogP contribution is 2.40. The van der Waals surface area contributed by atoms with E-state index in [9.17, 15) is 19.5 Å². The van der Waals surface area contributed by atoms with Gasteiger partial charge in [0.15, 0.2) is 6.29 Å². The highest BCUT2D eigenvalue weighted by atomic mass is 32.2. The van der Waals surface area contributed by atoms with E-state index in [0.717, 1.165) is 69.0 Å². The molecule has 1 heterocycles. The van der Waals surface area contributed by atoms with Gasteiger partial charge in [0.1, 0.15) is 0 Å². The molecule has 10 heteroatoms. The van der Waals surface area contributed by atoms with E-state index in [-0.39, 0.29) is 36.5 Å². The second-order valence-corrected chi connectivity index (χ2v) is 13.8. The zero-order chi connectivity index (χ0) is 36.0. The smallest absolute Gasteiger partial charge is 0.221 e. The van der Waals surface area contributed by atoms with Crippen molar-refractivity contribution in [3.8, 4) is 11.1 Å². The average Bonchev–Trinajstić information content (AvgIpc) is 3.15. The molecule has 4 aromatic carbocycles. The number of carbonyl (C=O) groups excluding carboxylic acids is 3. The lowest BCUT2D eigenvalue weighted by atomic mass is 9.97. The van der Waals surface area contributed by atoms with Crippen LogP contribution < -0.4 is 16.0 Å². The maximum atomic E-state index is 12.6. The minimum atomic E-state index is -0.573. The molecular weight excluding hydrogens is 663 g/mol. The fraction of sp³-hybridized carbons (Fsp3) is 0.341.